The number of benzene rings is 2. The van der Waals surface area contributed by atoms with Crippen LogP contribution in [-0.2, 0) is 16.1 Å². The molecule has 15 heteroatoms. The SMILES string of the molecule is O=C(CC1NC(=O)NC1=O)NC1CCN(c2c(F)cc3c(=O)c(C(=O)NCCCn4ccnc4)cn4c3c2Oc2ccccc2-4)C1. The third-order valence-corrected chi connectivity index (χ3v) is 8.31. The number of anilines is 1. The van der Waals surface area contributed by atoms with Crippen molar-refractivity contribution in [3.8, 4) is 17.2 Å². The van der Waals surface area contributed by atoms with Gasteiger partial charge in [0.2, 0.25) is 11.3 Å². The number of carbonyl (C=O) groups excluding carboxylic acids is 4. The molecule has 14 nitrogen and oxygen atoms in total. The number of aromatic nitrogens is 3. The first-order valence-electron chi connectivity index (χ1n) is 14.9. The van der Waals surface area contributed by atoms with Gasteiger partial charge in [-0.1, -0.05) is 12.1 Å². The first-order valence-corrected chi connectivity index (χ1v) is 14.9. The van der Waals surface area contributed by atoms with Crippen molar-refractivity contribution in [3.63, 3.8) is 0 Å². The summed E-state index contributed by atoms with van der Waals surface area (Å²) in [5.41, 5.74) is 0.295. The molecule has 5 heterocycles. The number of carbonyl (C=O) groups is 4. The monoisotopic (exact) mass is 628 g/mol. The molecule has 2 aromatic carbocycles. The van der Waals surface area contributed by atoms with Crippen LogP contribution in [0.2, 0.25) is 0 Å². The average Bonchev–Trinajstić information content (AvgIpc) is 3.78. The molecule has 0 spiro atoms. The number of rotatable bonds is 9. The van der Waals surface area contributed by atoms with Crippen molar-refractivity contribution in [2.75, 3.05) is 24.5 Å². The predicted molar refractivity (Wildman–Crippen MR) is 163 cm³/mol. The summed E-state index contributed by atoms with van der Waals surface area (Å²) in [5, 5.41) is 10.1. The average molecular weight is 629 g/mol. The number of imidazole rings is 1. The van der Waals surface area contributed by atoms with Crippen molar-refractivity contribution in [1.82, 2.24) is 35.4 Å². The predicted octanol–water partition coefficient (Wildman–Crippen LogP) is 1.55. The van der Waals surface area contributed by atoms with E-state index in [2.05, 4.69) is 26.3 Å². The molecule has 0 saturated carbocycles. The number of urea groups is 1. The summed E-state index contributed by atoms with van der Waals surface area (Å²) >= 11 is 0. The molecule has 0 bridgehead atoms. The minimum absolute atomic E-state index is 0.00208. The van der Waals surface area contributed by atoms with Crippen molar-refractivity contribution < 1.29 is 28.3 Å². The first-order chi connectivity index (χ1) is 22.3. The number of aryl methyl sites for hydroxylation is 1. The Morgan fingerprint density at radius 1 is 1.17 bits per heavy atom. The van der Waals surface area contributed by atoms with E-state index in [1.165, 1.54) is 6.20 Å². The van der Waals surface area contributed by atoms with Gasteiger partial charge >= 0.3 is 6.03 Å². The first kappa shape index (κ1) is 29.0. The molecular formula is C31H29FN8O6. The topological polar surface area (TPSA) is 169 Å². The van der Waals surface area contributed by atoms with Crippen molar-refractivity contribution in [2.45, 2.75) is 37.9 Å². The van der Waals surface area contributed by atoms with Crippen LogP contribution in [0, 0.1) is 5.82 Å². The normalized spacial score (nSPS) is 18.2. The lowest BCUT2D eigenvalue weighted by molar-refractivity contribution is -0.126. The van der Waals surface area contributed by atoms with Crippen LogP contribution in [0.3, 0.4) is 0 Å². The Morgan fingerprint density at radius 3 is 2.80 bits per heavy atom. The van der Waals surface area contributed by atoms with E-state index in [-0.39, 0.29) is 41.4 Å². The summed E-state index contributed by atoms with van der Waals surface area (Å²) in [6, 6.07) is 6.23. The van der Waals surface area contributed by atoms with E-state index >= 15 is 4.39 Å². The summed E-state index contributed by atoms with van der Waals surface area (Å²) in [7, 11) is 0. The smallest absolute Gasteiger partial charge is 0.322 e. The molecule has 2 atom stereocenters. The van der Waals surface area contributed by atoms with Crippen LogP contribution < -0.4 is 36.3 Å². The number of imide groups is 1. The van der Waals surface area contributed by atoms with Gasteiger partial charge in [-0.05, 0) is 31.0 Å². The molecule has 3 aliphatic heterocycles. The van der Waals surface area contributed by atoms with Gasteiger partial charge in [0.25, 0.3) is 11.8 Å². The lowest BCUT2D eigenvalue weighted by Crippen LogP contribution is -2.41. The van der Waals surface area contributed by atoms with E-state index in [0.717, 1.165) is 6.07 Å². The van der Waals surface area contributed by atoms with Crippen LogP contribution in [0.1, 0.15) is 29.6 Å². The van der Waals surface area contributed by atoms with Crippen LogP contribution in [-0.4, -0.2) is 69.6 Å². The van der Waals surface area contributed by atoms with E-state index in [1.807, 2.05) is 10.8 Å². The highest BCUT2D eigenvalue weighted by Crippen LogP contribution is 2.47. The Balaban J connectivity index is 1.16. The molecule has 46 heavy (non-hydrogen) atoms. The van der Waals surface area contributed by atoms with Gasteiger partial charge in [0, 0.05) is 50.8 Å². The minimum Gasteiger partial charge on any atom is -0.451 e. The molecular weight excluding hydrogens is 599 g/mol. The second-order valence-electron chi connectivity index (χ2n) is 11.4. The van der Waals surface area contributed by atoms with Gasteiger partial charge in [-0.2, -0.15) is 0 Å². The number of para-hydroxylation sites is 2. The zero-order valence-electron chi connectivity index (χ0n) is 24.4. The molecule has 3 aliphatic rings. The second-order valence-corrected chi connectivity index (χ2v) is 11.4. The molecule has 2 fully saturated rings. The van der Waals surface area contributed by atoms with E-state index in [0.29, 0.717) is 49.4 Å². The van der Waals surface area contributed by atoms with Crippen LogP contribution in [0.25, 0.3) is 16.6 Å². The number of ether oxygens (including phenoxy) is 1. The molecule has 4 aromatic rings. The summed E-state index contributed by atoms with van der Waals surface area (Å²) in [6.45, 7) is 1.57. The van der Waals surface area contributed by atoms with E-state index in [9.17, 15) is 24.0 Å². The number of nitrogens with zero attached hydrogens (tertiary/aromatic N) is 4. The number of halogens is 1. The van der Waals surface area contributed by atoms with E-state index < -0.39 is 41.0 Å². The van der Waals surface area contributed by atoms with E-state index in [1.54, 1.807) is 46.3 Å². The van der Waals surface area contributed by atoms with Crippen molar-refractivity contribution in [1.29, 1.82) is 0 Å². The van der Waals surface area contributed by atoms with Crippen LogP contribution in [0.4, 0.5) is 14.9 Å². The highest BCUT2D eigenvalue weighted by molar-refractivity contribution is 6.06. The highest BCUT2D eigenvalue weighted by atomic mass is 19.1. The minimum atomic E-state index is -0.952. The Morgan fingerprint density at radius 2 is 2.02 bits per heavy atom. The Bertz CT molecular complexity index is 1960. The maximum Gasteiger partial charge on any atom is 0.322 e. The Hall–Kier alpha value is -5.73. The molecule has 2 aromatic heterocycles. The van der Waals surface area contributed by atoms with E-state index in [4.69, 9.17) is 4.74 Å². The maximum absolute atomic E-state index is 16.0. The van der Waals surface area contributed by atoms with Gasteiger partial charge in [0.05, 0.1) is 23.8 Å². The number of hydrogen-bond donors (Lipinski definition) is 4. The van der Waals surface area contributed by atoms with Gasteiger partial charge < -0.3 is 34.7 Å². The third kappa shape index (κ3) is 5.29. The Kier molecular flexibility index (Phi) is 7.34. The summed E-state index contributed by atoms with van der Waals surface area (Å²) in [4.78, 5) is 68.5. The zero-order chi connectivity index (χ0) is 31.9. The molecule has 2 saturated heterocycles. The highest BCUT2D eigenvalue weighted by Gasteiger charge is 2.35. The van der Waals surface area contributed by atoms with Crippen molar-refractivity contribution in [2.24, 2.45) is 0 Å². The molecule has 4 N–H and O–H groups in total. The standard InChI is InChI=1S/C31H29FN8O6/c32-20-12-18-25-28(26(20)39-10-6-17(14-39)35-24(41)13-21-30(44)37-31(45)36-21)46-23-5-2-1-4-22(23)40(25)15-19(27(18)42)29(43)34-7-3-9-38-11-8-33-16-38/h1-2,4-5,8,11-12,15-17,21H,3,6-7,9-10,13-14H2,(H,34,43)(H,35,41)(H2,36,37,44,45). The quantitative estimate of drug-likeness (QED) is 0.141. The van der Waals surface area contributed by atoms with Gasteiger partial charge in [-0.25, -0.2) is 14.2 Å². The largest absolute Gasteiger partial charge is 0.451 e. The fourth-order valence-electron chi connectivity index (χ4n) is 6.15. The summed E-state index contributed by atoms with van der Waals surface area (Å²) < 4.78 is 25.9. The van der Waals surface area contributed by atoms with Crippen molar-refractivity contribution in [3.05, 3.63) is 76.9 Å². The van der Waals surface area contributed by atoms with Gasteiger partial charge in [-0.15, -0.1) is 0 Å². The van der Waals surface area contributed by atoms with Crippen LogP contribution in [0.15, 0.2) is 60.0 Å². The van der Waals surface area contributed by atoms with Crippen LogP contribution >= 0.6 is 0 Å². The van der Waals surface area contributed by atoms with Crippen LogP contribution in [0.5, 0.6) is 11.5 Å². The molecule has 7 rings (SSSR count). The Labute approximate surface area is 260 Å². The number of nitrogens with one attached hydrogen (secondary N) is 4. The third-order valence-electron chi connectivity index (χ3n) is 8.31. The zero-order valence-corrected chi connectivity index (χ0v) is 24.4. The molecule has 2 unspecified atom stereocenters. The lowest BCUT2D eigenvalue weighted by atomic mass is 10.1. The van der Waals surface area contributed by atoms with Crippen molar-refractivity contribution >= 4 is 40.3 Å². The molecule has 0 aliphatic carbocycles. The van der Waals surface area contributed by atoms with Gasteiger partial charge in [-0.3, -0.25) is 24.5 Å². The maximum atomic E-state index is 16.0. The molecule has 236 valence electrons. The second kappa shape index (κ2) is 11.6. The number of fused-ring (bicyclic) bond motifs is 2. The summed E-state index contributed by atoms with van der Waals surface area (Å²) in [6.07, 6.45) is 7.51. The lowest BCUT2D eigenvalue weighted by Gasteiger charge is -2.29. The fourth-order valence-corrected chi connectivity index (χ4v) is 6.15. The molecule has 5 amide bonds. The van der Waals surface area contributed by atoms with Gasteiger partial charge in [0.15, 0.2) is 17.3 Å². The van der Waals surface area contributed by atoms with Gasteiger partial charge in [0.1, 0.15) is 22.8 Å². The fraction of sp³-hybridized carbons (Fsp3) is 0.290. The number of hydrogen-bond acceptors (Lipinski definition) is 8. The molecule has 0 radical (unpaired) electrons. The number of amides is 5. The summed E-state index contributed by atoms with van der Waals surface area (Å²) in [5.74, 6) is -1.72. The number of pyridine rings is 1.